The SMILES string of the molecule is [2H]c1c([2H])c([2H])c(-c2c([2H])c([2H])c([2H])c(-c3ccc4oc5cccc(-n6c7ccccc7c7ccc(-n8c9ccccc9c9c([2H])c([2H])c([2H])c([2H])c98)cc76)c5c4c3)c2[2H])c([2H])c1[2H]. The standard InChI is InChI=1S/C48H30N2O/c1-2-12-31(13-3-1)32-14-10-15-33(28-32)34-24-27-46-40(29-34)48-44(22-11-23-47(48)51-46)50-43-21-9-6-18-38(43)39-26-25-35(30-45(39)50)49-41-19-7-4-16-36(41)37-17-5-8-20-42(37)49/h1-30H/i1D,2D,3D,4D,7D,10D,12D,13D,14D,15D,16D,19D,28D. The minimum absolute atomic E-state index is 0.0535. The Morgan fingerprint density at radius 1 is 0.412 bits per heavy atom. The third kappa shape index (κ3) is 4.19. The summed E-state index contributed by atoms with van der Waals surface area (Å²) in [5.74, 6) is 0. The molecule has 11 aromatic rings. The number of rotatable bonds is 4. The molecule has 51 heavy (non-hydrogen) atoms. The van der Waals surface area contributed by atoms with Gasteiger partial charge in [0.05, 0.1) is 51.0 Å². The van der Waals surface area contributed by atoms with Gasteiger partial charge in [0, 0.05) is 32.6 Å². The number of hydrogen-bond acceptors (Lipinski definition) is 1. The van der Waals surface area contributed by atoms with E-state index in [9.17, 15) is 1.37 Å². The first-order valence-electron chi connectivity index (χ1n) is 22.9. The van der Waals surface area contributed by atoms with Gasteiger partial charge in [-0.15, -0.1) is 0 Å². The Labute approximate surface area is 312 Å². The number of fused-ring (bicyclic) bond motifs is 9. The van der Waals surface area contributed by atoms with Crippen LogP contribution in [0.3, 0.4) is 0 Å². The highest BCUT2D eigenvalue weighted by molar-refractivity contribution is 6.15. The Bertz CT molecular complexity index is 3870. The monoisotopic (exact) mass is 663 g/mol. The number of nitrogens with zero attached hydrogens (tertiary/aromatic N) is 2. The summed E-state index contributed by atoms with van der Waals surface area (Å²) < 4.78 is 123. The molecule has 0 spiro atoms. The van der Waals surface area contributed by atoms with Gasteiger partial charge < -0.3 is 13.6 Å². The molecule has 8 aromatic carbocycles. The molecule has 3 heterocycles. The molecule has 0 bridgehead atoms. The average Bonchev–Trinajstić information content (AvgIpc) is 3.97. The maximum Gasteiger partial charge on any atom is 0.137 e. The summed E-state index contributed by atoms with van der Waals surface area (Å²) in [6, 6.07) is 26.1. The molecule has 0 radical (unpaired) electrons. The van der Waals surface area contributed by atoms with E-state index in [1.54, 1.807) is 18.2 Å². The van der Waals surface area contributed by atoms with Crippen LogP contribution >= 0.6 is 0 Å². The molecule has 0 atom stereocenters. The molecule has 0 saturated carbocycles. The Morgan fingerprint density at radius 2 is 1.12 bits per heavy atom. The molecule has 0 aliphatic rings. The summed E-state index contributed by atoms with van der Waals surface area (Å²) in [7, 11) is 0. The van der Waals surface area contributed by atoms with E-state index in [1.807, 2.05) is 89.5 Å². The summed E-state index contributed by atoms with van der Waals surface area (Å²) >= 11 is 0. The zero-order valence-electron chi connectivity index (χ0n) is 39.6. The van der Waals surface area contributed by atoms with Crippen LogP contribution in [0.25, 0.3) is 99.2 Å². The largest absolute Gasteiger partial charge is 0.456 e. The third-order valence-corrected chi connectivity index (χ3v) is 9.60. The highest BCUT2D eigenvalue weighted by Gasteiger charge is 2.20. The molecule has 0 N–H and O–H groups in total. The predicted octanol–water partition coefficient (Wildman–Crippen LogP) is 13.1. The minimum Gasteiger partial charge on any atom is -0.456 e. The van der Waals surface area contributed by atoms with Gasteiger partial charge in [-0.25, -0.2) is 0 Å². The van der Waals surface area contributed by atoms with Gasteiger partial charge in [0.2, 0.25) is 0 Å². The fraction of sp³-hybridized carbons (Fsp3) is 0. The van der Waals surface area contributed by atoms with Crippen LogP contribution in [0.15, 0.2) is 186 Å². The van der Waals surface area contributed by atoms with Crippen molar-refractivity contribution in [3.8, 4) is 33.6 Å². The van der Waals surface area contributed by atoms with Crippen LogP contribution in [0.2, 0.25) is 0 Å². The van der Waals surface area contributed by atoms with Gasteiger partial charge in [0.1, 0.15) is 11.2 Å². The highest BCUT2D eigenvalue weighted by atomic mass is 16.3. The topological polar surface area (TPSA) is 23.0 Å². The van der Waals surface area contributed by atoms with Crippen LogP contribution in [0.4, 0.5) is 0 Å². The van der Waals surface area contributed by atoms with Crippen LogP contribution in [-0.2, 0) is 0 Å². The lowest BCUT2D eigenvalue weighted by Crippen LogP contribution is -1.97. The van der Waals surface area contributed by atoms with Crippen molar-refractivity contribution in [3.63, 3.8) is 0 Å². The Kier molecular flexibility index (Phi) is 3.87. The smallest absolute Gasteiger partial charge is 0.137 e. The molecule has 3 aromatic heterocycles. The summed E-state index contributed by atoms with van der Waals surface area (Å²) in [4.78, 5) is 0. The fourth-order valence-electron chi connectivity index (χ4n) is 7.43. The summed E-state index contributed by atoms with van der Waals surface area (Å²) in [6.45, 7) is 0. The highest BCUT2D eigenvalue weighted by Crippen LogP contribution is 2.41. The molecule has 3 nitrogen and oxygen atoms in total. The quantitative estimate of drug-likeness (QED) is 0.184. The minimum atomic E-state index is -0.642. The second-order valence-electron chi connectivity index (χ2n) is 12.3. The van der Waals surface area contributed by atoms with Gasteiger partial charge in [0.15, 0.2) is 0 Å². The van der Waals surface area contributed by atoms with Gasteiger partial charge in [-0.2, -0.15) is 0 Å². The normalized spacial score (nSPS) is 15.5. The molecule has 0 saturated heterocycles. The molecule has 0 aliphatic heterocycles. The number of benzene rings is 8. The molecule has 0 amide bonds. The van der Waals surface area contributed by atoms with E-state index in [2.05, 4.69) is 4.57 Å². The van der Waals surface area contributed by atoms with E-state index in [0.29, 0.717) is 55.0 Å². The third-order valence-electron chi connectivity index (χ3n) is 9.60. The van der Waals surface area contributed by atoms with Crippen LogP contribution in [-0.4, -0.2) is 9.13 Å². The van der Waals surface area contributed by atoms with Crippen molar-refractivity contribution in [2.24, 2.45) is 0 Å². The molecular formula is C48H30N2O. The lowest BCUT2D eigenvalue weighted by atomic mass is 9.98. The maximum absolute atomic E-state index is 9.35. The van der Waals surface area contributed by atoms with Crippen molar-refractivity contribution in [2.45, 2.75) is 0 Å². The second kappa shape index (κ2) is 10.8. The summed E-state index contributed by atoms with van der Waals surface area (Å²) in [5.41, 5.74) is 4.68. The first kappa shape index (κ1) is 18.2. The first-order valence-corrected chi connectivity index (χ1v) is 16.4. The lowest BCUT2D eigenvalue weighted by molar-refractivity contribution is 0.669. The predicted molar refractivity (Wildman–Crippen MR) is 213 cm³/mol. The summed E-state index contributed by atoms with van der Waals surface area (Å²) in [5, 5.41) is 4.28. The average molecular weight is 664 g/mol. The summed E-state index contributed by atoms with van der Waals surface area (Å²) in [6.07, 6.45) is 0. The van der Waals surface area contributed by atoms with Crippen molar-refractivity contribution < 1.29 is 22.2 Å². The maximum atomic E-state index is 9.35. The number of hydrogen-bond donors (Lipinski definition) is 0. The van der Waals surface area contributed by atoms with Gasteiger partial charge >= 0.3 is 0 Å². The first-order chi connectivity index (χ1) is 30.7. The Morgan fingerprint density at radius 3 is 1.98 bits per heavy atom. The van der Waals surface area contributed by atoms with Crippen molar-refractivity contribution >= 4 is 65.6 Å². The number of furan rings is 1. The Hall–Kier alpha value is -6.84. The lowest BCUT2D eigenvalue weighted by Gasteiger charge is -2.12. The van der Waals surface area contributed by atoms with Gasteiger partial charge in [0.25, 0.3) is 0 Å². The van der Waals surface area contributed by atoms with E-state index in [-0.39, 0.29) is 40.9 Å². The van der Waals surface area contributed by atoms with Crippen molar-refractivity contribution in [3.05, 3.63) is 182 Å². The van der Waals surface area contributed by atoms with E-state index in [1.165, 1.54) is 0 Å². The molecule has 0 unspecified atom stereocenters. The van der Waals surface area contributed by atoms with E-state index in [0.717, 1.165) is 27.5 Å². The molecule has 238 valence electrons. The fourth-order valence-corrected chi connectivity index (χ4v) is 7.43. The van der Waals surface area contributed by atoms with Crippen molar-refractivity contribution in [1.82, 2.24) is 9.13 Å². The van der Waals surface area contributed by atoms with E-state index >= 15 is 0 Å². The van der Waals surface area contributed by atoms with Crippen LogP contribution in [0.5, 0.6) is 0 Å². The Balaban J connectivity index is 1.19. The van der Waals surface area contributed by atoms with Crippen LogP contribution < -0.4 is 0 Å². The number of aromatic nitrogens is 2. The van der Waals surface area contributed by atoms with Crippen molar-refractivity contribution in [1.29, 1.82) is 0 Å². The van der Waals surface area contributed by atoms with Gasteiger partial charge in [-0.05, 0) is 82.9 Å². The zero-order valence-corrected chi connectivity index (χ0v) is 26.6. The molecule has 0 fully saturated rings. The van der Waals surface area contributed by atoms with E-state index in [4.69, 9.17) is 20.9 Å². The molecule has 11 rings (SSSR count). The molecule has 0 aliphatic carbocycles. The van der Waals surface area contributed by atoms with Crippen LogP contribution in [0, 0.1) is 0 Å². The van der Waals surface area contributed by atoms with Crippen molar-refractivity contribution in [2.75, 3.05) is 0 Å². The molecular weight excluding hydrogens is 621 g/mol. The second-order valence-corrected chi connectivity index (χ2v) is 12.3. The van der Waals surface area contributed by atoms with Gasteiger partial charge in [-0.3, -0.25) is 0 Å². The zero-order chi connectivity index (χ0) is 44.8. The van der Waals surface area contributed by atoms with E-state index < -0.39 is 54.4 Å². The van der Waals surface area contributed by atoms with Crippen LogP contribution in [0.1, 0.15) is 17.8 Å². The number of para-hydroxylation sites is 3. The molecule has 3 heteroatoms. The van der Waals surface area contributed by atoms with Gasteiger partial charge in [-0.1, -0.05) is 121 Å².